The zero-order valence-corrected chi connectivity index (χ0v) is 18.7. The minimum absolute atomic E-state index is 0.129. The van der Waals surface area contributed by atoms with Crippen molar-refractivity contribution in [1.82, 2.24) is 19.7 Å². The van der Waals surface area contributed by atoms with Gasteiger partial charge < -0.3 is 14.5 Å². The Labute approximate surface area is 187 Å². The molecule has 0 saturated carbocycles. The molecule has 8 nitrogen and oxygen atoms in total. The van der Waals surface area contributed by atoms with E-state index in [4.69, 9.17) is 9.15 Å². The number of nitrogens with one attached hydrogen (secondary N) is 1. The Balaban J connectivity index is 1.27. The molecule has 3 aromatic heterocycles. The largest absolute Gasteiger partial charge is 0.461 e. The molecule has 10 heteroatoms. The van der Waals surface area contributed by atoms with E-state index < -0.39 is 0 Å². The number of hydrogen-bond acceptors (Lipinski definition) is 9. The van der Waals surface area contributed by atoms with Crippen molar-refractivity contribution in [3.8, 4) is 11.6 Å². The Morgan fingerprint density at radius 2 is 2.10 bits per heavy atom. The maximum atomic E-state index is 12.2. The lowest BCUT2D eigenvalue weighted by atomic mass is 10.2. The smallest absolute Gasteiger partial charge is 0.316 e. The van der Waals surface area contributed by atoms with E-state index in [0.717, 1.165) is 10.8 Å². The van der Waals surface area contributed by atoms with Gasteiger partial charge in [-0.2, -0.15) is 0 Å². The number of furan rings is 1. The number of thioether (sulfide) groups is 1. The summed E-state index contributed by atoms with van der Waals surface area (Å²) in [6, 6.07) is 11.7. The lowest BCUT2D eigenvalue weighted by Crippen LogP contribution is -2.09. The van der Waals surface area contributed by atoms with Crippen molar-refractivity contribution in [1.29, 1.82) is 0 Å². The second-order valence-electron chi connectivity index (χ2n) is 6.61. The first-order chi connectivity index (χ1) is 15.1. The van der Waals surface area contributed by atoms with Gasteiger partial charge in [-0.15, -0.1) is 21.5 Å². The first-order valence-corrected chi connectivity index (χ1v) is 11.5. The van der Waals surface area contributed by atoms with Gasteiger partial charge in [-0.1, -0.05) is 29.5 Å². The van der Waals surface area contributed by atoms with E-state index in [1.807, 2.05) is 54.1 Å². The molecule has 0 amide bonds. The number of nitrogens with zero attached hydrogens (tertiary/aromatic N) is 4. The molecule has 0 radical (unpaired) electrons. The van der Waals surface area contributed by atoms with Crippen LogP contribution in [0.3, 0.4) is 0 Å². The van der Waals surface area contributed by atoms with Crippen LogP contribution < -0.4 is 5.32 Å². The Kier molecular flexibility index (Phi) is 6.68. The molecular weight excluding hydrogens is 434 g/mol. The fourth-order valence-corrected chi connectivity index (χ4v) is 4.29. The van der Waals surface area contributed by atoms with E-state index >= 15 is 0 Å². The van der Waals surface area contributed by atoms with Crippen LogP contribution in [0.1, 0.15) is 18.2 Å². The summed E-state index contributed by atoms with van der Waals surface area (Å²) in [6.45, 7) is 4.82. The molecule has 160 valence electrons. The second-order valence-corrected chi connectivity index (χ2v) is 8.41. The fourth-order valence-electron chi connectivity index (χ4n) is 2.78. The summed E-state index contributed by atoms with van der Waals surface area (Å²) < 4.78 is 12.7. The van der Waals surface area contributed by atoms with Crippen molar-refractivity contribution in [2.45, 2.75) is 32.2 Å². The Bertz CT molecular complexity index is 1140. The average molecular weight is 456 g/mol. The second kappa shape index (κ2) is 9.80. The lowest BCUT2D eigenvalue weighted by Gasteiger charge is -2.06. The molecule has 0 aliphatic heterocycles. The molecule has 0 fully saturated rings. The third-order valence-electron chi connectivity index (χ3n) is 4.33. The first-order valence-electron chi connectivity index (χ1n) is 9.66. The number of anilines is 2. The van der Waals surface area contributed by atoms with E-state index in [9.17, 15) is 4.79 Å². The van der Waals surface area contributed by atoms with E-state index in [1.54, 1.807) is 12.3 Å². The number of rotatable bonds is 9. The van der Waals surface area contributed by atoms with E-state index in [1.165, 1.54) is 28.7 Å². The summed E-state index contributed by atoms with van der Waals surface area (Å²) in [7, 11) is 0. The molecule has 31 heavy (non-hydrogen) atoms. The molecule has 0 spiro atoms. The fraction of sp³-hybridized carbons (Fsp3) is 0.238. The van der Waals surface area contributed by atoms with Crippen molar-refractivity contribution in [3.05, 3.63) is 59.3 Å². The van der Waals surface area contributed by atoms with Gasteiger partial charge >= 0.3 is 5.97 Å². The molecular formula is C21H21N5O3S2. The van der Waals surface area contributed by atoms with Crippen LogP contribution >= 0.6 is 23.1 Å². The number of aryl methyl sites for hydroxylation is 1. The van der Waals surface area contributed by atoms with Crippen LogP contribution in [0.4, 0.5) is 10.8 Å². The van der Waals surface area contributed by atoms with Crippen molar-refractivity contribution < 1.29 is 13.9 Å². The number of benzene rings is 1. The highest BCUT2D eigenvalue weighted by Gasteiger charge is 2.17. The van der Waals surface area contributed by atoms with Crippen LogP contribution in [0.2, 0.25) is 0 Å². The molecule has 0 bridgehead atoms. The molecule has 0 atom stereocenters. The summed E-state index contributed by atoms with van der Waals surface area (Å²) in [4.78, 5) is 16.7. The number of carbonyl (C=O) groups is 1. The summed E-state index contributed by atoms with van der Waals surface area (Å²) in [5, 5.41) is 14.9. The van der Waals surface area contributed by atoms with Crippen molar-refractivity contribution in [2.75, 3.05) is 11.1 Å². The van der Waals surface area contributed by atoms with Gasteiger partial charge in [0.15, 0.2) is 21.9 Å². The average Bonchev–Trinajstić information content (AvgIpc) is 3.52. The normalized spacial score (nSPS) is 10.9. The van der Waals surface area contributed by atoms with Gasteiger partial charge in [0, 0.05) is 17.6 Å². The third kappa shape index (κ3) is 5.33. The minimum Gasteiger partial charge on any atom is -0.461 e. The Morgan fingerprint density at radius 1 is 1.26 bits per heavy atom. The van der Waals surface area contributed by atoms with E-state index in [2.05, 4.69) is 20.5 Å². The monoisotopic (exact) mass is 455 g/mol. The third-order valence-corrected chi connectivity index (χ3v) is 6.08. The number of thiazole rings is 1. The highest BCUT2D eigenvalue weighted by molar-refractivity contribution is 7.99. The maximum absolute atomic E-state index is 12.2. The summed E-state index contributed by atoms with van der Waals surface area (Å²) in [5.41, 5.74) is 2.87. The molecule has 0 aliphatic carbocycles. The van der Waals surface area contributed by atoms with Crippen LogP contribution in [0.15, 0.2) is 57.6 Å². The number of hydrogen-bond donors (Lipinski definition) is 1. The van der Waals surface area contributed by atoms with Gasteiger partial charge in [-0.05, 0) is 38.1 Å². The van der Waals surface area contributed by atoms with Crippen LogP contribution in [0.5, 0.6) is 0 Å². The Hall–Kier alpha value is -3.11. The number of carbonyl (C=O) groups excluding carboxylic acids is 1. The number of aromatic nitrogens is 4. The van der Waals surface area contributed by atoms with Gasteiger partial charge in [0.2, 0.25) is 0 Å². The van der Waals surface area contributed by atoms with E-state index in [0.29, 0.717) is 29.0 Å². The molecule has 0 unspecified atom stereocenters. The van der Waals surface area contributed by atoms with Crippen molar-refractivity contribution in [2.24, 2.45) is 0 Å². The molecule has 4 aromatic rings. The van der Waals surface area contributed by atoms with Gasteiger partial charge in [-0.25, -0.2) is 4.98 Å². The number of ether oxygens (including phenoxy) is 1. The quantitative estimate of drug-likeness (QED) is 0.281. The topological polar surface area (TPSA) is 95.1 Å². The minimum atomic E-state index is -0.337. The van der Waals surface area contributed by atoms with Gasteiger partial charge in [0.1, 0.15) is 6.61 Å². The predicted molar refractivity (Wildman–Crippen MR) is 120 cm³/mol. The summed E-state index contributed by atoms with van der Waals surface area (Å²) in [5.74, 6) is 1.08. The van der Waals surface area contributed by atoms with Gasteiger partial charge in [0.25, 0.3) is 0 Å². The van der Waals surface area contributed by atoms with Gasteiger partial charge in [0.05, 0.1) is 17.7 Å². The summed E-state index contributed by atoms with van der Waals surface area (Å²) in [6.07, 6.45) is 1.59. The highest BCUT2D eigenvalue weighted by atomic mass is 32.2. The molecule has 1 N–H and O–H groups in total. The van der Waals surface area contributed by atoms with Gasteiger partial charge in [-0.3, -0.25) is 9.36 Å². The zero-order chi connectivity index (χ0) is 21.6. The zero-order valence-electron chi connectivity index (χ0n) is 17.1. The van der Waals surface area contributed by atoms with E-state index in [-0.39, 0.29) is 18.3 Å². The van der Waals surface area contributed by atoms with Crippen LogP contribution in [0.25, 0.3) is 11.6 Å². The lowest BCUT2D eigenvalue weighted by molar-refractivity contribution is -0.141. The van der Waals surface area contributed by atoms with Crippen LogP contribution in [-0.4, -0.2) is 31.5 Å². The predicted octanol–water partition coefficient (Wildman–Crippen LogP) is 4.90. The SMILES string of the molecule is CCn1c(SCC(=O)OCc2csc(Nc3ccc(C)cc3)n2)nnc1-c1ccco1. The number of esters is 1. The first kappa shape index (κ1) is 21.1. The van der Waals surface area contributed by atoms with Crippen molar-refractivity contribution in [3.63, 3.8) is 0 Å². The molecule has 1 aromatic carbocycles. The van der Waals surface area contributed by atoms with Crippen LogP contribution in [-0.2, 0) is 22.7 Å². The standard InChI is InChI=1S/C21H21N5O3S2/c1-3-26-19(17-5-4-10-28-17)24-25-21(26)31-13-18(27)29-11-16-12-30-20(23-16)22-15-8-6-14(2)7-9-15/h4-10,12H,3,11,13H2,1-2H3,(H,22,23). The maximum Gasteiger partial charge on any atom is 0.316 e. The molecule has 0 aliphatic rings. The molecule has 4 rings (SSSR count). The van der Waals surface area contributed by atoms with Crippen molar-refractivity contribution >= 4 is 39.9 Å². The summed E-state index contributed by atoms with van der Waals surface area (Å²) >= 11 is 2.75. The Morgan fingerprint density at radius 3 is 2.84 bits per heavy atom. The molecule has 3 heterocycles. The van der Waals surface area contributed by atoms with Crippen LogP contribution in [0, 0.1) is 6.92 Å². The molecule has 0 saturated heterocycles. The highest BCUT2D eigenvalue weighted by Crippen LogP contribution is 2.25.